The van der Waals surface area contributed by atoms with Crippen molar-refractivity contribution in [1.82, 2.24) is 4.98 Å². The van der Waals surface area contributed by atoms with Gasteiger partial charge in [0.25, 0.3) is 0 Å². The van der Waals surface area contributed by atoms with Crippen LogP contribution in [-0.4, -0.2) is 10.7 Å². The highest BCUT2D eigenvalue weighted by Crippen LogP contribution is 2.14. The first-order valence-electron chi connectivity index (χ1n) is 5.64. The van der Waals surface area contributed by atoms with Crippen LogP contribution in [0.15, 0.2) is 52.2 Å². The largest absolute Gasteiger partial charge is 0.278 e. The molecule has 1 N–H and O–H groups in total. The number of anilines is 1. The molecule has 0 spiro atoms. The van der Waals surface area contributed by atoms with Crippen LogP contribution >= 0.6 is 15.9 Å². The van der Waals surface area contributed by atoms with E-state index in [9.17, 15) is 0 Å². The van der Waals surface area contributed by atoms with E-state index in [0.717, 1.165) is 27.1 Å². The van der Waals surface area contributed by atoms with Gasteiger partial charge in [-0.3, -0.25) is 10.4 Å². The standard InChI is InChI=1S/C14H14BrN3/c1-10-9-12(7-8-16-10)11(2)17-18-14-5-3-13(15)4-6-14/h3-9,18H,1-2H3/b17-11-. The van der Waals surface area contributed by atoms with E-state index in [2.05, 4.69) is 31.4 Å². The Kier molecular flexibility index (Phi) is 4.10. The first-order valence-corrected chi connectivity index (χ1v) is 6.43. The molecule has 0 radical (unpaired) electrons. The number of hydrogen-bond acceptors (Lipinski definition) is 3. The fourth-order valence-corrected chi connectivity index (χ4v) is 1.77. The number of halogens is 1. The second-order valence-electron chi connectivity index (χ2n) is 4.00. The van der Waals surface area contributed by atoms with E-state index in [0.29, 0.717) is 0 Å². The highest BCUT2D eigenvalue weighted by molar-refractivity contribution is 9.10. The molecule has 18 heavy (non-hydrogen) atoms. The number of nitrogens with one attached hydrogen (secondary N) is 1. The average molecular weight is 304 g/mol. The maximum atomic E-state index is 4.36. The third-order valence-corrected chi connectivity index (χ3v) is 3.04. The number of aromatic nitrogens is 1. The normalized spacial score (nSPS) is 11.4. The summed E-state index contributed by atoms with van der Waals surface area (Å²) in [6.07, 6.45) is 1.79. The van der Waals surface area contributed by atoms with Crippen molar-refractivity contribution in [2.24, 2.45) is 5.10 Å². The molecule has 0 bridgehead atoms. The SMILES string of the molecule is C/C(=N/Nc1ccc(Br)cc1)c1ccnc(C)c1. The minimum absolute atomic E-state index is 0.934. The quantitative estimate of drug-likeness (QED) is 0.687. The van der Waals surface area contributed by atoms with Crippen molar-refractivity contribution in [2.75, 3.05) is 5.43 Å². The van der Waals surface area contributed by atoms with E-state index in [1.807, 2.05) is 50.2 Å². The average Bonchev–Trinajstić information content (AvgIpc) is 2.38. The molecule has 1 aromatic heterocycles. The van der Waals surface area contributed by atoms with Gasteiger partial charge in [-0.2, -0.15) is 5.10 Å². The number of pyridine rings is 1. The molecule has 0 aliphatic carbocycles. The van der Waals surface area contributed by atoms with Gasteiger partial charge in [-0.05, 0) is 50.2 Å². The van der Waals surface area contributed by atoms with E-state index in [1.54, 1.807) is 6.20 Å². The van der Waals surface area contributed by atoms with Crippen LogP contribution in [0, 0.1) is 6.92 Å². The van der Waals surface area contributed by atoms with Crippen molar-refractivity contribution in [3.05, 3.63) is 58.3 Å². The highest BCUT2D eigenvalue weighted by atomic mass is 79.9. The summed E-state index contributed by atoms with van der Waals surface area (Å²) in [7, 11) is 0. The Hall–Kier alpha value is -1.68. The highest BCUT2D eigenvalue weighted by Gasteiger charge is 1.98. The van der Waals surface area contributed by atoms with Crippen LogP contribution in [0.25, 0.3) is 0 Å². The van der Waals surface area contributed by atoms with E-state index >= 15 is 0 Å². The van der Waals surface area contributed by atoms with Crippen LogP contribution in [0.5, 0.6) is 0 Å². The zero-order valence-corrected chi connectivity index (χ0v) is 11.9. The zero-order valence-electron chi connectivity index (χ0n) is 10.3. The van der Waals surface area contributed by atoms with Crippen LogP contribution in [0.1, 0.15) is 18.2 Å². The molecule has 0 fully saturated rings. The topological polar surface area (TPSA) is 37.3 Å². The van der Waals surface area contributed by atoms with Gasteiger partial charge >= 0.3 is 0 Å². The molecule has 4 heteroatoms. The summed E-state index contributed by atoms with van der Waals surface area (Å²) < 4.78 is 1.05. The summed E-state index contributed by atoms with van der Waals surface area (Å²) in [6, 6.07) is 11.9. The molecule has 2 aromatic rings. The second kappa shape index (κ2) is 5.78. The first-order chi connectivity index (χ1) is 8.65. The summed E-state index contributed by atoms with van der Waals surface area (Å²) in [5.41, 5.74) is 7.00. The summed E-state index contributed by atoms with van der Waals surface area (Å²) in [5, 5.41) is 4.36. The summed E-state index contributed by atoms with van der Waals surface area (Å²) in [4.78, 5) is 4.17. The Morgan fingerprint density at radius 1 is 1.22 bits per heavy atom. The zero-order chi connectivity index (χ0) is 13.0. The summed E-state index contributed by atoms with van der Waals surface area (Å²) >= 11 is 3.40. The molecule has 0 unspecified atom stereocenters. The third kappa shape index (κ3) is 3.40. The van der Waals surface area contributed by atoms with Gasteiger partial charge in [0, 0.05) is 21.9 Å². The van der Waals surface area contributed by atoms with Crippen molar-refractivity contribution in [3.8, 4) is 0 Å². The minimum Gasteiger partial charge on any atom is -0.278 e. The van der Waals surface area contributed by atoms with Gasteiger partial charge in [0.05, 0.1) is 11.4 Å². The number of aryl methyl sites for hydroxylation is 1. The lowest BCUT2D eigenvalue weighted by molar-refractivity contribution is 1.19. The second-order valence-corrected chi connectivity index (χ2v) is 4.92. The lowest BCUT2D eigenvalue weighted by Crippen LogP contribution is -2.00. The predicted molar refractivity (Wildman–Crippen MR) is 78.9 cm³/mol. The first kappa shape index (κ1) is 12.8. The van der Waals surface area contributed by atoms with Gasteiger partial charge in [-0.25, -0.2) is 0 Å². The van der Waals surface area contributed by atoms with Crippen molar-refractivity contribution in [1.29, 1.82) is 0 Å². The molecule has 1 aromatic carbocycles. The maximum Gasteiger partial charge on any atom is 0.0649 e. The fraction of sp³-hybridized carbons (Fsp3) is 0.143. The number of hydrazone groups is 1. The van der Waals surface area contributed by atoms with E-state index in [-0.39, 0.29) is 0 Å². The molecule has 0 amide bonds. The Labute approximate surface area is 115 Å². The maximum absolute atomic E-state index is 4.36. The van der Waals surface area contributed by atoms with Crippen molar-refractivity contribution >= 4 is 27.3 Å². The molecule has 1 heterocycles. The molecule has 0 aliphatic heterocycles. The molecule has 0 saturated heterocycles. The lowest BCUT2D eigenvalue weighted by Gasteiger charge is -2.04. The van der Waals surface area contributed by atoms with Crippen LogP contribution in [0.3, 0.4) is 0 Å². The Balaban J connectivity index is 2.11. The summed E-state index contributed by atoms with van der Waals surface area (Å²) in [5.74, 6) is 0. The van der Waals surface area contributed by atoms with Crippen molar-refractivity contribution in [2.45, 2.75) is 13.8 Å². The number of rotatable bonds is 3. The van der Waals surface area contributed by atoms with Gasteiger partial charge in [0.15, 0.2) is 0 Å². The third-order valence-electron chi connectivity index (χ3n) is 2.51. The molecular formula is C14H14BrN3. The number of nitrogens with zero attached hydrogens (tertiary/aromatic N) is 2. The van der Waals surface area contributed by atoms with Crippen LogP contribution in [0.4, 0.5) is 5.69 Å². The Bertz CT molecular complexity index is 562. The van der Waals surface area contributed by atoms with Crippen LogP contribution < -0.4 is 5.43 Å². The van der Waals surface area contributed by atoms with E-state index in [4.69, 9.17) is 0 Å². The van der Waals surface area contributed by atoms with Gasteiger partial charge in [-0.15, -0.1) is 0 Å². The van der Waals surface area contributed by atoms with Gasteiger partial charge in [-0.1, -0.05) is 15.9 Å². The molecule has 0 saturated carbocycles. The fourth-order valence-electron chi connectivity index (χ4n) is 1.51. The monoisotopic (exact) mass is 303 g/mol. The van der Waals surface area contributed by atoms with E-state index < -0.39 is 0 Å². The minimum atomic E-state index is 0.934. The molecule has 0 atom stereocenters. The Morgan fingerprint density at radius 3 is 2.61 bits per heavy atom. The molecule has 92 valence electrons. The molecular weight excluding hydrogens is 290 g/mol. The number of benzene rings is 1. The van der Waals surface area contributed by atoms with Crippen LogP contribution in [0.2, 0.25) is 0 Å². The van der Waals surface area contributed by atoms with Gasteiger partial charge in [0.1, 0.15) is 0 Å². The predicted octanol–water partition coefficient (Wildman–Crippen LogP) is 3.99. The van der Waals surface area contributed by atoms with E-state index in [1.165, 1.54) is 0 Å². The van der Waals surface area contributed by atoms with Crippen molar-refractivity contribution in [3.63, 3.8) is 0 Å². The summed E-state index contributed by atoms with van der Waals surface area (Å²) in [6.45, 7) is 3.94. The smallest absolute Gasteiger partial charge is 0.0649 e. The Morgan fingerprint density at radius 2 is 1.94 bits per heavy atom. The molecule has 0 aliphatic rings. The lowest BCUT2D eigenvalue weighted by atomic mass is 10.1. The van der Waals surface area contributed by atoms with Gasteiger partial charge in [0.2, 0.25) is 0 Å². The van der Waals surface area contributed by atoms with Crippen LogP contribution in [-0.2, 0) is 0 Å². The molecule has 3 nitrogen and oxygen atoms in total. The van der Waals surface area contributed by atoms with Gasteiger partial charge < -0.3 is 0 Å². The molecule has 2 rings (SSSR count). The number of hydrogen-bond donors (Lipinski definition) is 1. The van der Waals surface area contributed by atoms with Crippen molar-refractivity contribution < 1.29 is 0 Å².